The zero-order chi connectivity index (χ0) is 6.85. The van der Waals surface area contributed by atoms with Crippen LogP contribution in [0.25, 0.3) is 0 Å². The molecular weight excluding hydrogens is 116 g/mol. The molecule has 1 aromatic heterocycles. The molecule has 1 rings (SSSR count). The molecule has 1 aromatic rings. The van der Waals surface area contributed by atoms with Gasteiger partial charge in [0.15, 0.2) is 5.75 Å². The molecular formula is C7H10O2. The van der Waals surface area contributed by atoms with E-state index in [1.165, 1.54) is 6.26 Å². The summed E-state index contributed by atoms with van der Waals surface area (Å²) in [5.41, 5.74) is 0. The first kappa shape index (κ1) is 6.20. The van der Waals surface area contributed by atoms with Crippen LogP contribution in [-0.4, -0.2) is 5.11 Å². The maximum Gasteiger partial charge on any atom is 0.154 e. The molecule has 0 aliphatic heterocycles. The van der Waals surface area contributed by atoms with Crippen molar-refractivity contribution in [1.82, 2.24) is 0 Å². The molecule has 0 bridgehead atoms. The van der Waals surface area contributed by atoms with Crippen molar-refractivity contribution in [2.75, 3.05) is 0 Å². The highest BCUT2D eigenvalue weighted by Crippen LogP contribution is 2.20. The Hall–Kier alpha value is -0.920. The normalized spacial score (nSPS) is 10.6. The van der Waals surface area contributed by atoms with Gasteiger partial charge in [-0.1, -0.05) is 13.8 Å². The molecule has 0 aliphatic rings. The van der Waals surface area contributed by atoms with Crippen molar-refractivity contribution in [3.8, 4) is 5.75 Å². The van der Waals surface area contributed by atoms with E-state index in [2.05, 4.69) is 0 Å². The van der Waals surface area contributed by atoms with Gasteiger partial charge in [-0.15, -0.1) is 0 Å². The van der Waals surface area contributed by atoms with Crippen molar-refractivity contribution in [3.63, 3.8) is 0 Å². The van der Waals surface area contributed by atoms with E-state index in [4.69, 9.17) is 9.52 Å². The molecule has 2 heteroatoms. The van der Waals surface area contributed by atoms with Crippen LogP contribution < -0.4 is 0 Å². The molecule has 0 fully saturated rings. The lowest BCUT2D eigenvalue weighted by atomic mass is 10.2. The molecule has 0 aliphatic carbocycles. The molecule has 0 amide bonds. The van der Waals surface area contributed by atoms with Crippen LogP contribution in [0.1, 0.15) is 25.5 Å². The van der Waals surface area contributed by atoms with Crippen molar-refractivity contribution in [2.45, 2.75) is 19.8 Å². The SMILES string of the molecule is CC(C)c1cc(O)co1. The van der Waals surface area contributed by atoms with Crippen molar-refractivity contribution < 1.29 is 9.52 Å². The Morgan fingerprint density at radius 2 is 2.22 bits per heavy atom. The number of hydrogen-bond donors (Lipinski definition) is 1. The van der Waals surface area contributed by atoms with Gasteiger partial charge in [-0.05, 0) is 0 Å². The zero-order valence-corrected chi connectivity index (χ0v) is 5.59. The lowest BCUT2D eigenvalue weighted by molar-refractivity contribution is 0.446. The Labute approximate surface area is 54.1 Å². The predicted octanol–water partition coefficient (Wildman–Crippen LogP) is 2.11. The number of rotatable bonds is 1. The van der Waals surface area contributed by atoms with Gasteiger partial charge < -0.3 is 9.52 Å². The van der Waals surface area contributed by atoms with E-state index in [0.29, 0.717) is 5.92 Å². The second-order valence-corrected chi connectivity index (χ2v) is 2.36. The highest BCUT2D eigenvalue weighted by atomic mass is 16.4. The van der Waals surface area contributed by atoms with E-state index in [0.717, 1.165) is 5.76 Å². The molecule has 9 heavy (non-hydrogen) atoms. The van der Waals surface area contributed by atoms with Crippen LogP contribution in [0, 0.1) is 0 Å². The van der Waals surface area contributed by atoms with Gasteiger partial charge in [0.1, 0.15) is 12.0 Å². The maximum atomic E-state index is 8.81. The second kappa shape index (κ2) is 2.13. The third kappa shape index (κ3) is 1.25. The van der Waals surface area contributed by atoms with Gasteiger partial charge >= 0.3 is 0 Å². The van der Waals surface area contributed by atoms with Crippen LogP contribution in [0.15, 0.2) is 16.7 Å². The smallest absolute Gasteiger partial charge is 0.154 e. The average molecular weight is 126 g/mol. The minimum Gasteiger partial charge on any atom is -0.505 e. The molecule has 0 atom stereocenters. The Balaban J connectivity index is 2.85. The number of aromatic hydroxyl groups is 1. The Morgan fingerprint density at radius 3 is 2.44 bits per heavy atom. The number of hydrogen-bond acceptors (Lipinski definition) is 2. The molecule has 50 valence electrons. The van der Waals surface area contributed by atoms with E-state index in [1.54, 1.807) is 6.07 Å². The van der Waals surface area contributed by atoms with E-state index in [1.807, 2.05) is 13.8 Å². The van der Waals surface area contributed by atoms with Crippen molar-refractivity contribution in [2.24, 2.45) is 0 Å². The standard InChI is InChI=1S/C7H10O2/c1-5(2)7-3-6(8)4-9-7/h3-5,8H,1-2H3. The first-order valence-corrected chi connectivity index (χ1v) is 2.97. The summed E-state index contributed by atoms with van der Waals surface area (Å²) in [4.78, 5) is 0. The van der Waals surface area contributed by atoms with Crippen LogP contribution in [0.5, 0.6) is 5.75 Å². The summed E-state index contributed by atoms with van der Waals surface area (Å²) >= 11 is 0. The Kier molecular flexibility index (Phi) is 1.47. The van der Waals surface area contributed by atoms with Gasteiger partial charge in [-0.2, -0.15) is 0 Å². The summed E-state index contributed by atoms with van der Waals surface area (Å²) in [5, 5.41) is 8.81. The highest BCUT2D eigenvalue weighted by Gasteiger charge is 2.02. The van der Waals surface area contributed by atoms with Gasteiger partial charge in [0.05, 0.1) is 0 Å². The summed E-state index contributed by atoms with van der Waals surface area (Å²) < 4.78 is 4.98. The molecule has 0 saturated heterocycles. The van der Waals surface area contributed by atoms with Gasteiger partial charge in [0.2, 0.25) is 0 Å². The van der Waals surface area contributed by atoms with E-state index in [9.17, 15) is 0 Å². The topological polar surface area (TPSA) is 33.4 Å². The minimum atomic E-state index is 0.207. The summed E-state index contributed by atoms with van der Waals surface area (Å²) in [6.07, 6.45) is 1.34. The molecule has 0 saturated carbocycles. The lowest BCUT2D eigenvalue weighted by Crippen LogP contribution is -1.79. The van der Waals surface area contributed by atoms with Crippen LogP contribution in [-0.2, 0) is 0 Å². The molecule has 0 radical (unpaired) electrons. The molecule has 0 spiro atoms. The van der Waals surface area contributed by atoms with Gasteiger partial charge in [-0.25, -0.2) is 0 Å². The summed E-state index contributed by atoms with van der Waals surface area (Å²) in [5.74, 6) is 1.39. The molecule has 1 N–H and O–H groups in total. The third-order valence-electron chi connectivity index (χ3n) is 1.17. The molecule has 2 nitrogen and oxygen atoms in total. The third-order valence-corrected chi connectivity index (χ3v) is 1.17. The van der Waals surface area contributed by atoms with Crippen molar-refractivity contribution >= 4 is 0 Å². The fraction of sp³-hybridized carbons (Fsp3) is 0.429. The monoisotopic (exact) mass is 126 g/mol. The van der Waals surface area contributed by atoms with E-state index in [-0.39, 0.29) is 5.75 Å². The Morgan fingerprint density at radius 1 is 1.56 bits per heavy atom. The predicted molar refractivity (Wildman–Crippen MR) is 34.5 cm³/mol. The highest BCUT2D eigenvalue weighted by molar-refractivity contribution is 5.18. The largest absolute Gasteiger partial charge is 0.505 e. The summed E-state index contributed by atoms with van der Waals surface area (Å²) in [6.45, 7) is 4.02. The van der Waals surface area contributed by atoms with E-state index < -0.39 is 0 Å². The first-order chi connectivity index (χ1) is 4.20. The zero-order valence-electron chi connectivity index (χ0n) is 5.59. The first-order valence-electron chi connectivity index (χ1n) is 2.97. The van der Waals surface area contributed by atoms with Gasteiger partial charge in [0.25, 0.3) is 0 Å². The quantitative estimate of drug-likeness (QED) is 0.625. The molecule has 0 aromatic carbocycles. The lowest BCUT2D eigenvalue weighted by Gasteiger charge is -1.94. The van der Waals surface area contributed by atoms with Crippen molar-refractivity contribution in [1.29, 1.82) is 0 Å². The fourth-order valence-electron chi connectivity index (χ4n) is 0.645. The van der Waals surface area contributed by atoms with Gasteiger partial charge in [-0.3, -0.25) is 0 Å². The fourth-order valence-corrected chi connectivity index (χ4v) is 0.645. The Bertz CT molecular complexity index is 189. The van der Waals surface area contributed by atoms with E-state index >= 15 is 0 Å². The molecule has 1 heterocycles. The van der Waals surface area contributed by atoms with Crippen LogP contribution >= 0.6 is 0 Å². The van der Waals surface area contributed by atoms with Crippen LogP contribution in [0.2, 0.25) is 0 Å². The average Bonchev–Trinajstić information content (AvgIpc) is 2.14. The summed E-state index contributed by atoms with van der Waals surface area (Å²) in [7, 11) is 0. The second-order valence-electron chi connectivity index (χ2n) is 2.36. The summed E-state index contributed by atoms with van der Waals surface area (Å²) in [6, 6.07) is 1.63. The van der Waals surface area contributed by atoms with Crippen molar-refractivity contribution in [3.05, 3.63) is 18.1 Å². The van der Waals surface area contributed by atoms with Crippen LogP contribution in [0.3, 0.4) is 0 Å². The molecule has 0 unspecified atom stereocenters. The minimum absolute atomic E-state index is 0.207. The number of furan rings is 1. The maximum absolute atomic E-state index is 8.81. The van der Waals surface area contributed by atoms with Crippen LogP contribution in [0.4, 0.5) is 0 Å². The van der Waals surface area contributed by atoms with Gasteiger partial charge in [0, 0.05) is 12.0 Å².